The van der Waals surface area contributed by atoms with E-state index in [-0.39, 0.29) is 5.91 Å². The van der Waals surface area contributed by atoms with Crippen LogP contribution in [0, 0.1) is 12.8 Å². The monoisotopic (exact) mass is 427 g/mol. The molecule has 0 unspecified atom stereocenters. The average Bonchev–Trinajstić information content (AvgIpc) is 3.07. The van der Waals surface area contributed by atoms with Crippen molar-refractivity contribution in [3.05, 3.63) is 46.1 Å². The summed E-state index contributed by atoms with van der Waals surface area (Å²) in [4.78, 5) is 24.3. The quantitative estimate of drug-likeness (QED) is 0.462. The zero-order valence-corrected chi connectivity index (χ0v) is 18.6. The number of ether oxygens (including phenoxy) is 1. The summed E-state index contributed by atoms with van der Waals surface area (Å²) in [6.07, 6.45) is 3.42. The van der Waals surface area contributed by atoms with Crippen LogP contribution in [0.3, 0.4) is 0 Å². The first kappa shape index (κ1) is 20.2. The number of thiophene rings is 1. The molecule has 4 rings (SSSR count). The molecule has 0 spiro atoms. The fourth-order valence-electron chi connectivity index (χ4n) is 3.64. The number of benzene rings is 1. The molecule has 1 N–H and O–H groups in total. The number of carbonyl (C=O) groups is 1. The summed E-state index contributed by atoms with van der Waals surface area (Å²) in [6.45, 7) is 4.75. The van der Waals surface area contributed by atoms with Crippen LogP contribution in [0.2, 0.25) is 0 Å². The zero-order valence-electron chi connectivity index (χ0n) is 16.9. The molecule has 0 bridgehead atoms. The molecule has 1 amide bonds. The standard InChI is InChI=1S/C22H25N3O2S2/c1-13-4-9-17-18(10-13)29-22-20(17)21(24-14(2)25-22)28-12-19(26)23-11-15-5-7-16(27-3)8-6-15/h5-8,13H,4,9-12H2,1-3H3,(H,23,26)/t13-/m1/s1. The van der Waals surface area contributed by atoms with Crippen molar-refractivity contribution in [2.45, 2.75) is 44.7 Å². The molecule has 0 saturated heterocycles. The number of thioether (sulfide) groups is 1. The molecule has 1 atom stereocenters. The highest BCUT2D eigenvalue weighted by atomic mass is 32.2. The van der Waals surface area contributed by atoms with Gasteiger partial charge in [-0.1, -0.05) is 30.8 Å². The van der Waals surface area contributed by atoms with Gasteiger partial charge in [0.05, 0.1) is 12.9 Å². The van der Waals surface area contributed by atoms with Crippen molar-refractivity contribution in [2.24, 2.45) is 5.92 Å². The molecule has 0 radical (unpaired) electrons. The Bertz CT molecular complexity index is 1030. The molecule has 0 aliphatic heterocycles. The highest BCUT2D eigenvalue weighted by Crippen LogP contribution is 2.40. The number of aromatic nitrogens is 2. The van der Waals surface area contributed by atoms with Crippen LogP contribution in [0.4, 0.5) is 0 Å². The third-order valence-corrected chi connectivity index (χ3v) is 7.35. The van der Waals surface area contributed by atoms with Crippen molar-refractivity contribution in [3.8, 4) is 5.75 Å². The van der Waals surface area contributed by atoms with Crippen LogP contribution in [0.5, 0.6) is 5.75 Å². The highest BCUT2D eigenvalue weighted by molar-refractivity contribution is 8.00. The lowest BCUT2D eigenvalue weighted by Crippen LogP contribution is -2.24. The van der Waals surface area contributed by atoms with Crippen LogP contribution in [0.15, 0.2) is 29.3 Å². The Balaban J connectivity index is 1.44. The molecule has 0 saturated carbocycles. The van der Waals surface area contributed by atoms with E-state index in [0.717, 1.165) is 45.8 Å². The molecule has 1 aliphatic carbocycles. The summed E-state index contributed by atoms with van der Waals surface area (Å²) >= 11 is 3.32. The van der Waals surface area contributed by atoms with E-state index >= 15 is 0 Å². The molecule has 7 heteroatoms. The molecular formula is C22H25N3O2S2. The van der Waals surface area contributed by atoms with Gasteiger partial charge in [-0.15, -0.1) is 11.3 Å². The Labute approximate surface area is 179 Å². The Kier molecular flexibility index (Phi) is 6.06. The molecule has 0 fully saturated rings. The minimum atomic E-state index is 0.00736. The maximum absolute atomic E-state index is 12.4. The predicted octanol–water partition coefficient (Wildman–Crippen LogP) is 4.54. The SMILES string of the molecule is COc1ccc(CNC(=O)CSc2nc(C)nc3sc4c(c23)CC[C@@H](C)C4)cc1. The largest absolute Gasteiger partial charge is 0.497 e. The number of fused-ring (bicyclic) bond motifs is 3. The third kappa shape index (κ3) is 4.56. The van der Waals surface area contributed by atoms with E-state index in [2.05, 4.69) is 22.2 Å². The first-order valence-corrected chi connectivity index (χ1v) is 11.6. The maximum atomic E-state index is 12.4. The van der Waals surface area contributed by atoms with Crippen LogP contribution < -0.4 is 10.1 Å². The number of hydrogen-bond donors (Lipinski definition) is 1. The number of carbonyl (C=O) groups excluding carboxylic acids is 1. The first-order chi connectivity index (χ1) is 14.0. The lowest BCUT2D eigenvalue weighted by atomic mass is 9.89. The number of rotatable bonds is 6. The summed E-state index contributed by atoms with van der Waals surface area (Å²) in [7, 11) is 1.64. The van der Waals surface area contributed by atoms with Crippen LogP contribution in [0.25, 0.3) is 10.2 Å². The fourth-order valence-corrected chi connectivity index (χ4v) is 6.07. The van der Waals surface area contributed by atoms with Gasteiger partial charge in [-0.05, 0) is 55.4 Å². The van der Waals surface area contributed by atoms with Gasteiger partial charge in [0.15, 0.2) is 0 Å². The number of amides is 1. The topological polar surface area (TPSA) is 64.1 Å². The van der Waals surface area contributed by atoms with E-state index in [4.69, 9.17) is 4.74 Å². The van der Waals surface area contributed by atoms with E-state index in [9.17, 15) is 4.79 Å². The Morgan fingerprint density at radius 2 is 2.10 bits per heavy atom. The van der Waals surface area contributed by atoms with E-state index < -0.39 is 0 Å². The van der Waals surface area contributed by atoms with Crippen molar-refractivity contribution in [2.75, 3.05) is 12.9 Å². The third-order valence-electron chi connectivity index (χ3n) is 5.22. The van der Waals surface area contributed by atoms with E-state index in [1.54, 1.807) is 18.4 Å². The van der Waals surface area contributed by atoms with Gasteiger partial charge in [0, 0.05) is 16.8 Å². The second kappa shape index (κ2) is 8.71. The van der Waals surface area contributed by atoms with Gasteiger partial charge in [0.25, 0.3) is 0 Å². The molecular weight excluding hydrogens is 402 g/mol. The number of methoxy groups -OCH3 is 1. The fraction of sp³-hybridized carbons (Fsp3) is 0.409. The van der Waals surface area contributed by atoms with Crippen molar-refractivity contribution in [3.63, 3.8) is 0 Å². The molecule has 1 aromatic carbocycles. The van der Waals surface area contributed by atoms with E-state index in [1.807, 2.05) is 31.2 Å². The van der Waals surface area contributed by atoms with Gasteiger partial charge in [-0.25, -0.2) is 9.97 Å². The summed E-state index contributed by atoms with van der Waals surface area (Å²) in [5, 5.41) is 5.11. The first-order valence-electron chi connectivity index (χ1n) is 9.84. The minimum absolute atomic E-state index is 0.00736. The molecule has 29 heavy (non-hydrogen) atoms. The second-order valence-electron chi connectivity index (χ2n) is 7.52. The molecule has 152 valence electrons. The van der Waals surface area contributed by atoms with Gasteiger partial charge in [0.1, 0.15) is 21.4 Å². The summed E-state index contributed by atoms with van der Waals surface area (Å²) in [5.41, 5.74) is 2.45. The van der Waals surface area contributed by atoms with Crippen molar-refractivity contribution in [1.29, 1.82) is 0 Å². The van der Waals surface area contributed by atoms with Crippen LogP contribution in [-0.2, 0) is 24.2 Å². The van der Waals surface area contributed by atoms with Gasteiger partial charge >= 0.3 is 0 Å². The number of aryl methyl sites for hydroxylation is 2. The van der Waals surface area contributed by atoms with Crippen LogP contribution in [-0.4, -0.2) is 28.7 Å². The van der Waals surface area contributed by atoms with E-state index in [1.165, 1.54) is 34.0 Å². The van der Waals surface area contributed by atoms with Crippen molar-refractivity contribution in [1.82, 2.24) is 15.3 Å². The molecule has 3 aromatic rings. The number of nitrogens with zero attached hydrogens (tertiary/aromatic N) is 2. The molecule has 1 aliphatic rings. The van der Waals surface area contributed by atoms with Gasteiger partial charge < -0.3 is 10.1 Å². The summed E-state index contributed by atoms with van der Waals surface area (Å²) in [5.74, 6) is 2.66. The van der Waals surface area contributed by atoms with Crippen LogP contribution in [0.1, 0.15) is 35.2 Å². The molecule has 5 nitrogen and oxygen atoms in total. The van der Waals surface area contributed by atoms with Crippen molar-refractivity contribution >= 4 is 39.2 Å². The Morgan fingerprint density at radius 3 is 2.86 bits per heavy atom. The zero-order chi connectivity index (χ0) is 20.4. The molecule has 2 heterocycles. The maximum Gasteiger partial charge on any atom is 0.230 e. The minimum Gasteiger partial charge on any atom is -0.497 e. The summed E-state index contributed by atoms with van der Waals surface area (Å²) < 4.78 is 5.16. The van der Waals surface area contributed by atoms with Gasteiger partial charge in [-0.3, -0.25) is 4.79 Å². The van der Waals surface area contributed by atoms with E-state index in [0.29, 0.717) is 12.3 Å². The lowest BCUT2D eigenvalue weighted by Gasteiger charge is -2.18. The highest BCUT2D eigenvalue weighted by Gasteiger charge is 2.24. The number of nitrogens with one attached hydrogen (secondary N) is 1. The Hall–Kier alpha value is -2.12. The average molecular weight is 428 g/mol. The predicted molar refractivity (Wildman–Crippen MR) is 119 cm³/mol. The normalized spacial score (nSPS) is 15.9. The number of hydrogen-bond acceptors (Lipinski definition) is 6. The van der Waals surface area contributed by atoms with Crippen LogP contribution >= 0.6 is 23.1 Å². The Morgan fingerprint density at radius 1 is 1.31 bits per heavy atom. The smallest absolute Gasteiger partial charge is 0.230 e. The summed E-state index contributed by atoms with van der Waals surface area (Å²) in [6, 6.07) is 7.72. The lowest BCUT2D eigenvalue weighted by molar-refractivity contribution is -0.118. The second-order valence-corrected chi connectivity index (χ2v) is 9.57. The van der Waals surface area contributed by atoms with Crippen molar-refractivity contribution < 1.29 is 9.53 Å². The van der Waals surface area contributed by atoms with Gasteiger partial charge in [-0.2, -0.15) is 0 Å². The molecule has 2 aromatic heterocycles. The van der Waals surface area contributed by atoms with Gasteiger partial charge in [0.2, 0.25) is 5.91 Å².